The highest BCUT2D eigenvalue weighted by Crippen LogP contribution is 2.42. The van der Waals surface area contributed by atoms with Gasteiger partial charge in [0.1, 0.15) is 0 Å². The molecule has 3 rings (SSSR count). The van der Waals surface area contributed by atoms with Crippen LogP contribution >= 0.6 is 11.3 Å². The van der Waals surface area contributed by atoms with Gasteiger partial charge in [-0.3, -0.25) is 0 Å². The lowest BCUT2D eigenvalue weighted by molar-refractivity contribution is 0.348. The first-order valence-corrected chi connectivity index (χ1v) is 5.33. The van der Waals surface area contributed by atoms with Crippen molar-refractivity contribution in [1.82, 2.24) is 10.1 Å². The lowest BCUT2D eigenvalue weighted by Gasteiger charge is -1.97. The van der Waals surface area contributed by atoms with Gasteiger partial charge in [-0.1, -0.05) is 11.2 Å². The Morgan fingerprint density at radius 1 is 1.50 bits per heavy atom. The maximum absolute atomic E-state index is 5.94. The summed E-state index contributed by atoms with van der Waals surface area (Å²) in [5.74, 6) is 1.22. The molecule has 2 aromatic rings. The van der Waals surface area contributed by atoms with Crippen molar-refractivity contribution in [3.8, 4) is 10.7 Å². The van der Waals surface area contributed by atoms with Gasteiger partial charge in [-0.2, -0.15) is 4.98 Å². The maximum Gasteiger partial charge on any atom is 0.247 e. The molecule has 1 aliphatic rings. The molecule has 0 aromatic carbocycles. The summed E-state index contributed by atoms with van der Waals surface area (Å²) in [5, 5.41) is 5.90. The zero-order valence-electron chi connectivity index (χ0n) is 7.43. The Labute approximate surface area is 84.7 Å². The Morgan fingerprint density at radius 3 is 3.00 bits per heavy atom. The van der Waals surface area contributed by atoms with Crippen molar-refractivity contribution >= 4 is 11.3 Å². The predicted molar refractivity (Wildman–Crippen MR) is 52.7 cm³/mol. The van der Waals surface area contributed by atoms with Crippen LogP contribution in [0, 0.1) is 0 Å². The van der Waals surface area contributed by atoms with Gasteiger partial charge in [0, 0.05) is 0 Å². The van der Waals surface area contributed by atoms with E-state index in [0.717, 1.165) is 17.7 Å². The van der Waals surface area contributed by atoms with Crippen molar-refractivity contribution in [2.75, 3.05) is 0 Å². The molecule has 0 bridgehead atoms. The number of nitrogens with zero attached hydrogens (tertiary/aromatic N) is 2. The molecule has 0 aliphatic heterocycles. The Bertz CT molecular complexity index is 444. The van der Waals surface area contributed by atoms with E-state index in [9.17, 15) is 0 Å². The highest BCUT2D eigenvalue weighted by atomic mass is 32.1. The molecular weight excluding hydrogens is 198 g/mol. The molecule has 2 heterocycles. The third-order valence-corrected chi connectivity index (χ3v) is 3.25. The van der Waals surface area contributed by atoms with E-state index in [1.807, 2.05) is 17.5 Å². The molecule has 1 saturated carbocycles. The second kappa shape index (κ2) is 2.65. The molecule has 0 amide bonds. The number of nitrogens with two attached hydrogens (primary N) is 1. The van der Waals surface area contributed by atoms with Crippen LogP contribution in [0.15, 0.2) is 22.0 Å². The first-order chi connectivity index (χ1) is 6.78. The van der Waals surface area contributed by atoms with Gasteiger partial charge in [0.05, 0.1) is 10.4 Å². The number of aromatic nitrogens is 2. The average molecular weight is 207 g/mol. The molecule has 1 fully saturated rings. The largest absolute Gasteiger partial charge is 0.337 e. The van der Waals surface area contributed by atoms with Crippen LogP contribution in [0.2, 0.25) is 0 Å². The topological polar surface area (TPSA) is 64.9 Å². The molecule has 2 N–H and O–H groups in total. The minimum atomic E-state index is -0.331. The zero-order valence-corrected chi connectivity index (χ0v) is 8.25. The highest BCUT2D eigenvalue weighted by Gasteiger charge is 2.45. The van der Waals surface area contributed by atoms with Crippen LogP contribution in [0.5, 0.6) is 0 Å². The summed E-state index contributed by atoms with van der Waals surface area (Å²) in [4.78, 5) is 5.31. The fraction of sp³-hybridized carbons (Fsp3) is 0.333. The third-order valence-electron chi connectivity index (χ3n) is 2.38. The van der Waals surface area contributed by atoms with E-state index in [2.05, 4.69) is 10.1 Å². The van der Waals surface area contributed by atoms with Crippen molar-refractivity contribution in [3.05, 3.63) is 23.4 Å². The van der Waals surface area contributed by atoms with E-state index in [0.29, 0.717) is 11.7 Å². The minimum Gasteiger partial charge on any atom is -0.337 e. The number of thiophene rings is 1. The Balaban J connectivity index is 1.98. The number of rotatable bonds is 2. The molecule has 14 heavy (non-hydrogen) atoms. The van der Waals surface area contributed by atoms with Crippen LogP contribution in [0.1, 0.15) is 18.7 Å². The van der Waals surface area contributed by atoms with Crippen LogP contribution < -0.4 is 5.73 Å². The van der Waals surface area contributed by atoms with Crippen LogP contribution in [0.3, 0.4) is 0 Å². The second-order valence-electron chi connectivity index (χ2n) is 3.56. The van der Waals surface area contributed by atoms with E-state index in [-0.39, 0.29) is 5.54 Å². The van der Waals surface area contributed by atoms with Gasteiger partial charge >= 0.3 is 0 Å². The third kappa shape index (κ3) is 1.17. The molecule has 0 saturated heterocycles. The van der Waals surface area contributed by atoms with Crippen molar-refractivity contribution in [1.29, 1.82) is 0 Å². The van der Waals surface area contributed by atoms with Crippen molar-refractivity contribution < 1.29 is 4.52 Å². The highest BCUT2D eigenvalue weighted by molar-refractivity contribution is 7.13. The van der Waals surface area contributed by atoms with Gasteiger partial charge in [0.2, 0.25) is 11.7 Å². The summed E-state index contributed by atoms with van der Waals surface area (Å²) in [6.07, 6.45) is 1.89. The molecule has 2 aromatic heterocycles. The quantitative estimate of drug-likeness (QED) is 0.814. The van der Waals surface area contributed by atoms with Gasteiger partial charge in [0.25, 0.3) is 0 Å². The SMILES string of the molecule is NC1(c2nc(-c3cccs3)no2)CC1. The fourth-order valence-electron chi connectivity index (χ4n) is 1.28. The normalized spacial score (nSPS) is 18.4. The zero-order chi connectivity index (χ0) is 9.60. The molecule has 0 radical (unpaired) electrons. The van der Waals surface area contributed by atoms with Crippen LogP contribution in [-0.4, -0.2) is 10.1 Å². The van der Waals surface area contributed by atoms with E-state index >= 15 is 0 Å². The van der Waals surface area contributed by atoms with E-state index in [1.165, 1.54) is 0 Å². The molecule has 0 spiro atoms. The standard InChI is InChI=1S/C9H9N3OS/c10-9(3-4-9)8-11-7(12-13-8)6-2-1-5-14-6/h1-2,5H,3-4,10H2. The van der Waals surface area contributed by atoms with Gasteiger partial charge < -0.3 is 10.3 Å². The van der Waals surface area contributed by atoms with Crippen molar-refractivity contribution in [2.24, 2.45) is 5.73 Å². The Hall–Kier alpha value is -1.20. The second-order valence-corrected chi connectivity index (χ2v) is 4.50. The first-order valence-electron chi connectivity index (χ1n) is 4.45. The summed E-state index contributed by atoms with van der Waals surface area (Å²) in [6, 6.07) is 3.93. The van der Waals surface area contributed by atoms with Crippen LogP contribution in [0.25, 0.3) is 10.7 Å². The molecule has 4 nitrogen and oxygen atoms in total. The Kier molecular flexibility index (Phi) is 1.54. The van der Waals surface area contributed by atoms with Crippen LogP contribution in [0.4, 0.5) is 0 Å². The van der Waals surface area contributed by atoms with Gasteiger partial charge in [-0.15, -0.1) is 11.3 Å². The lowest BCUT2D eigenvalue weighted by atomic mass is 10.3. The van der Waals surface area contributed by atoms with Gasteiger partial charge in [-0.05, 0) is 24.3 Å². The van der Waals surface area contributed by atoms with Crippen molar-refractivity contribution in [2.45, 2.75) is 18.4 Å². The van der Waals surface area contributed by atoms with E-state index in [4.69, 9.17) is 10.3 Å². The van der Waals surface area contributed by atoms with E-state index in [1.54, 1.807) is 11.3 Å². The molecule has 1 aliphatic carbocycles. The molecule has 72 valence electrons. The molecule has 0 atom stereocenters. The summed E-state index contributed by atoms with van der Waals surface area (Å²) in [7, 11) is 0. The number of hydrogen-bond acceptors (Lipinski definition) is 5. The van der Waals surface area contributed by atoms with E-state index < -0.39 is 0 Å². The molecule has 0 unspecified atom stereocenters. The van der Waals surface area contributed by atoms with Crippen molar-refractivity contribution in [3.63, 3.8) is 0 Å². The van der Waals surface area contributed by atoms with Gasteiger partial charge in [-0.25, -0.2) is 0 Å². The predicted octanol–water partition coefficient (Wildman–Crippen LogP) is 1.75. The monoisotopic (exact) mass is 207 g/mol. The summed E-state index contributed by atoms with van der Waals surface area (Å²) in [6.45, 7) is 0. The average Bonchev–Trinajstić information content (AvgIpc) is 2.73. The first kappa shape index (κ1) is 8.14. The molecule has 5 heteroatoms. The molecular formula is C9H9N3OS. The summed E-state index contributed by atoms with van der Waals surface area (Å²) < 4.78 is 5.14. The fourth-order valence-corrected chi connectivity index (χ4v) is 1.93. The summed E-state index contributed by atoms with van der Waals surface area (Å²) >= 11 is 1.59. The smallest absolute Gasteiger partial charge is 0.247 e. The number of hydrogen-bond donors (Lipinski definition) is 1. The minimum absolute atomic E-state index is 0.331. The maximum atomic E-state index is 5.94. The summed E-state index contributed by atoms with van der Waals surface area (Å²) in [5.41, 5.74) is 5.61. The van der Waals surface area contributed by atoms with Gasteiger partial charge in [0.15, 0.2) is 0 Å². The van der Waals surface area contributed by atoms with Crippen LogP contribution in [-0.2, 0) is 5.54 Å². The lowest BCUT2D eigenvalue weighted by Crippen LogP contribution is -2.18. The Morgan fingerprint density at radius 2 is 2.36 bits per heavy atom.